The highest BCUT2D eigenvalue weighted by molar-refractivity contribution is 6.01. The summed E-state index contributed by atoms with van der Waals surface area (Å²) in [7, 11) is 2.93. The zero-order valence-corrected chi connectivity index (χ0v) is 19.1. The number of rotatable bonds is 8. The molecule has 1 saturated heterocycles. The minimum Gasteiger partial charge on any atom is -0.497 e. The van der Waals surface area contributed by atoms with Gasteiger partial charge in [0.05, 0.1) is 26.2 Å². The lowest BCUT2D eigenvalue weighted by molar-refractivity contribution is -0.125. The third-order valence-corrected chi connectivity index (χ3v) is 5.64. The average Bonchev–Trinajstić information content (AvgIpc) is 2.83. The van der Waals surface area contributed by atoms with Crippen LogP contribution in [-0.2, 0) is 19.7 Å². The summed E-state index contributed by atoms with van der Waals surface area (Å²) in [5, 5.41) is 3.00. The molecule has 0 atom stereocenters. The van der Waals surface area contributed by atoms with Gasteiger partial charge < -0.3 is 24.3 Å². The fourth-order valence-corrected chi connectivity index (χ4v) is 3.79. The quantitative estimate of drug-likeness (QED) is 0.618. The number of methoxy groups -OCH3 is 2. The smallest absolute Gasteiger partial charge is 0.341 e. The summed E-state index contributed by atoms with van der Waals surface area (Å²) in [4.78, 5) is 25.9. The van der Waals surface area contributed by atoms with Crippen LogP contribution in [0.3, 0.4) is 0 Å². The highest BCUT2D eigenvalue weighted by Crippen LogP contribution is 2.37. The van der Waals surface area contributed by atoms with E-state index in [2.05, 4.69) is 5.32 Å². The van der Waals surface area contributed by atoms with E-state index in [1.807, 2.05) is 38.1 Å². The molecule has 1 fully saturated rings. The van der Waals surface area contributed by atoms with Crippen molar-refractivity contribution < 1.29 is 28.5 Å². The maximum Gasteiger partial charge on any atom is 0.341 e. The van der Waals surface area contributed by atoms with Gasteiger partial charge in [0, 0.05) is 18.9 Å². The Morgan fingerprint density at radius 2 is 1.75 bits per heavy atom. The fraction of sp³-hybridized carbons (Fsp3) is 0.440. The Kier molecular flexibility index (Phi) is 7.75. The molecule has 0 aromatic heterocycles. The lowest BCUT2D eigenvalue weighted by atomic mass is 9.73. The Hall–Kier alpha value is -3.06. The van der Waals surface area contributed by atoms with E-state index in [1.165, 1.54) is 7.11 Å². The zero-order valence-electron chi connectivity index (χ0n) is 19.1. The maximum absolute atomic E-state index is 13.5. The first kappa shape index (κ1) is 23.6. The van der Waals surface area contributed by atoms with Crippen molar-refractivity contribution >= 4 is 17.6 Å². The molecular formula is C25H31NO6. The molecule has 1 aliphatic rings. The first-order chi connectivity index (χ1) is 15.4. The Morgan fingerprint density at radius 3 is 2.34 bits per heavy atom. The molecule has 0 saturated carbocycles. The molecule has 3 rings (SSSR count). The summed E-state index contributed by atoms with van der Waals surface area (Å²) in [6.45, 7) is 5.51. The molecule has 0 bridgehead atoms. The van der Waals surface area contributed by atoms with E-state index < -0.39 is 11.4 Å². The predicted molar refractivity (Wildman–Crippen MR) is 121 cm³/mol. The van der Waals surface area contributed by atoms with Crippen LogP contribution in [0.5, 0.6) is 11.5 Å². The van der Waals surface area contributed by atoms with Crippen molar-refractivity contribution in [3.05, 3.63) is 53.6 Å². The van der Waals surface area contributed by atoms with Crippen molar-refractivity contribution in [1.82, 2.24) is 0 Å². The molecule has 7 heteroatoms. The van der Waals surface area contributed by atoms with E-state index in [1.54, 1.807) is 25.3 Å². The van der Waals surface area contributed by atoms with Crippen molar-refractivity contribution in [3.63, 3.8) is 0 Å². The van der Waals surface area contributed by atoms with Crippen LogP contribution in [0.2, 0.25) is 0 Å². The second kappa shape index (κ2) is 10.5. The number of hydrogen-bond donors (Lipinski definition) is 1. The van der Waals surface area contributed by atoms with Crippen molar-refractivity contribution in [2.24, 2.45) is 5.92 Å². The van der Waals surface area contributed by atoms with E-state index in [4.69, 9.17) is 18.9 Å². The lowest BCUT2D eigenvalue weighted by Gasteiger charge is -2.36. The maximum atomic E-state index is 13.5. The molecule has 172 valence electrons. The first-order valence-corrected chi connectivity index (χ1v) is 10.8. The van der Waals surface area contributed by atoms with Crippen molar-refractivity contribution in [1.29, 1.82) is 0 Å². The van der Waals surface area contributed by atoms with Crippen LogP contribution in [-0.4, -0.2) is 45.9 Å². The SMILES string of the molecule is COC(=O)c1cc(NC(=O)C2(c3ccc(OC)cc3)CCOCC2)ccc1OCC(C)C. The van der Waals surface area contributed by atoms with Gasteiger partial charge in [0.25, 0.3) is 0 Å². The van der Waals surface area contributed by atoms with Gasteiger partial charge >= 0.3 is 5.97 Å². The van der Waals surface area contributed by atoms with Gasteiger partial charge in [-0.25, -0.2) is 4.79 Å². The molecule has 0 aliphatic carbocycles. The van der Waals surface area contributed by atoms with Crippen molar-refractivity contribution in [3.8, 4) is 11.5 Å². The monoisotopic (exact) mass is 441 g/mol. The fourth-order valence-electron chi connectivity index (χ4n) is 3.79. The van der Waals surface area contributed by atoms with Crippen LogP contribution in [0.4, 0.5) is 5.69 Å². The summed E-state index contributed by atoms with van der Waals surface area (Å²) in [6.07, 6.45) is 1.12. The summed E-state index contributed by atoms with van der Waals surface area (Å²) < 4.78 is 21.5. The van der Waals surface area contributed by atoms with Crippen molar-refractivity contribution in [2.75, 3.05) is 39.4 Å². The van der Waals surface area contributed by atoms with Crippen LogP contribution >= 0.6 is 0 Å². The van der Waals surface area contributed by atoms with Crippen LogP contribution in [0.25, 0.3) is 0 Å². The number of ether oxygens (including phenoxy) is 4. The molecule has 0 spiro atoms. The Balaban J connectivity index is 1.89. The highest BCUT2D eigenvalue weighted by atomic mass is 16.5. The topological polar surface area (TPSA) is 83.1 Å². The van der Waals surface area contributed by atoms with Gasteiger partial charge in [-0.1, -0.05) is 26.0 Å². The summed E-state index contributed by atoms with van der Waals surface area (Å²) in [6, 6.07) is 12.6. The number of carbonyl (C=O) groups excluding carboxylic acids is 2. The second-order valence-electron chi connectivity index (χ2n) is 8.28. The molecule has 0 unspecified atom stereocenters. The molecular weight excluding hydrogens is 410 g/mol. The Bertz CT molecular complexity index is 932. The van der Waals surface area contributed by atoms with Gasteiger partial charge in [-0.05, 0) is 54.7 Å². The molecule has 2 aromatic rings. The van der Waals surface area contributed by atoms with Crippen LogP contribution in [0.1, 0.15) is 42.6 Å². The summed E-state index contributed by atoms with van der Waals surface area (Å²) in [5.74, 6) is 0.807. The van der Waals surface area contributed by atoms with Crippen LogP contribution in [0, 0.1) is 5.92 Å². The molecule has 2 aromatic carbocycles. The van der Waals surface area contributed by atoms with Gasteiger partial charge in [0.15, 0.2) is 0 Å². The van der Waals surface area contributed by atoms with Gasteiger partial charge in [-0.3, -0.25) is 4.79 Å². The first-order valence-electron chi connectivity index (χ1n) is 10.8. The van der Waals surface area contributed by atoms with Crippen LogP contribution < -0.4 is 14.8 Å². The van der Waals surface area contributed by atoms with Gasteiger partial charge in [-0.2, -0.15) is 0 Å². The molecule has 1 amide bonds. The Morgan fingerprint density at radius 1 is 1.06 bits per heavy atom. The molecule has 7 nitrogen and oxygen atoms in total. The molecule has 32 heavy (non-hydrogen) atoms. The lowest BCUT2D eigenvalue weighted by Crippen LogP contribution is -2.44. The summed E-state index contributed by atoms with van der Waals surface area (Å²) in [5.41, 5.74) is 0.954. The van der Waals surface area contributed by atoms with Gasteiger partial charge in [-0.15, -0.1) is 0 Å². The van der Waals surface area contributed by atoms with Gasteiger partial charge in [0.1, 0.15) is 17.1 Å². The minimum absolute atomic E-state index is 0.141. The van der Waals surface area contributed by atoms with Gasteiger partial charge in [0.2, 0.25) is 5.91 Å². The number of carbonyl (C=O) groups is 2. The van der Waals surface area contributed by atoms with Crippen molar-refractivity contribution in [2.45, 2.75) is 32.1 Å². The summed E-state index contributed by atoms with van der Waals surface area (Å²) >= 11 is 0. The molecule has 1 aliphatic heterocycles. The predicted octanol–water partition coefficient (Wildman–Crippen LogP) is 4.20. The largest absolute Gasteiger partial charge is 0.497 e. The number of amides is 1. The number of esters is 1. The Labute approximate surface area is 189 Å². The average molecular weight is 442 g/mol. The van der Waals surface area contributed by atoms with E-state index in [9.17, 15) is 9.59 Å². The minimum atomic E-state index is -0.733. The number of nitrogens with one attached hydrogen (secondary N) is 1. The van der Waals surface area contributed by atoms with Crippen LogP contribution in [0.15, 0.2) is 42.5 Å². The van der Waals surface area contributed by atoms with E-state index in [-0.39, 0.29) is 11.5 Å². The standard InChI is InChI=1S/C25H31NO6/c1-17(2)16-32-22-10-7-19(15-21(22)23(27)30-4)26-24(28)25(11-13-31-14-12-25)18-5-8-20(29-3)9-6-18/h5-10,15,17H,11-14,16H2,1-4H3,(H,26,28). The highest BCUT2D eigenvalue weighted by Gasteiger charge is 2.41. The zero-order chi connectivity index (χ0) is 23.1. The third-order valence-electron chi connectivity index (χ3n) is 5.64. The third kappa shape index (κ3) is 5.22. The second-order valence-corrected chi connectivity index (χ2v) is 8.28. The van der Waals surface area contributed by atoms with E-state index in [0.717, 1.165) is 11.3 Å². The molecule has 0 radical (unpaired) electrons. The molecule has 1 heterocycles. The normalized spacial score (nSPS) is 15.2. The van der Waals surface area contributed by atoms with E-state index in [0.29, 0.717) is 50.0 Å². The molecule has 1 N–H and O–H groups in total. The number of benzene rings is 2. The van der Waals surface area contributed by atoms with E-state index >= 15 is 0 Å². The number of hydrogen-bond acceptors (Lipinski definition) is 6. The number of anilines is 1.